The van der Waals surface area contributed by atoms with E-state index in [4.69, 9.17) is 11.6 Å². The highest BCUT2D eigenvalue weighted by atomic mass is 35.5. The molecule has 21 heavy (non-hydrogen) atoms. The first-order valence-corrected chi connectivity index (χ1v) is 6.00. The molecule has 0 saturated heterocycles. The number of benzene rings is 2. The van der Waals surface area contributed by atoms with E-state index in [1.807, 2.05) is 0 Å². The Hall–Kier alpha value is -2.08. The zero-order valence-corrected chi connectivity index (χ0v) is 11.0. The van der Waals surface area contributed by atoms with Crippen molar-refractivity contribution in [1.82, 2.24) is 0 Å². The molecule has 0 fully saturated rings. The van der Waals surface area contributed by atoms with E-state index in [2.05, 4.69) is 4.74 Å². The van der Waals surface area contributed by atoms with Gasteiger partial charge in [-0.3, -0.25) is 4.79 Å². The van der Waals surface area contributed by atoms with E-state index in [0.717, 1.165) is 18.2 Å². The third-order valence-electron chi connectivity index (χ3n) is 2.60. The third-order valence-corrected chi connectivity index (χ3v) is 2.81. The fraction of sp³-hybridized carbons (Fsp3) is 0.0714. The number of ether oxygens (including phenoxy) is 1. The van der Waals surface area contributed by atoms with Crippen molar-refractivity contribution in [3.8, 4) is 16.9 Å². The molecule has 0 unspecified atom stereocenters. The Morgan fingerprint density at radius 1 is 1.10 bits per heavy atom. The van der Waals surface area contributed by atoms with Gasteiger partial charge in [-0.05, 0) is 35.4 Å². The average molecular weight is 319 g/mol. The van der Waals surface area contributed by atoms with E-state index >= 15 is 0 Å². The lowest BCUT2D eigenvalue weighted by Gasteiger charge is -2.13. The van der Waals surface area contributed by atoms with Gasteiger partial charge in [0.1, 0.15) is 11.6 Å². The van der Waals surface area contributed by atoms with Crippen LogP contribution < -0.4 is 4.74 Å². The van der Waals surface area contributed by atoms with Crippen molar-refractivity contribution in [2.45, 2.75) is 6.36 Å². The highest BCUT2D eigenvalue weighted by molar-refractivity contribution is 6.67. The molecule has 0 bridgehead atoms. The topological polar surface area (TPSA) is 26.3 Å². The van der Waals surface area contributed by atoms with Crippen molar-refractivity contribution in [3.05, 3.63) is 53.8 Å². The number of rotatable bonds is 3. The molecule has 0 N–H and O–H groups in total. The number of carbonyl (C=O) groups excluding carboxylic acids is 1. The summed E-state index contributed by atoms with van der Waals surface area (Å²) in [5, 5.41) is -1.04. The van der Waals surface area contributed by atoms with Crippen molar-refractivity contribution in [3.63, 3.8) is 0 Å². The van der Waals surface area contributed by atoms with E-state index in [0.29, 0.717) is 0 Å². The molecular weight excluding hydrogens is 312 g/mol. The molecule has 7 heteroatoms. The molecule has 0 atom stereocenters. The quantitative estimate of drug-likeness (QED) is 0.602. The maximum atomic E-state index is 13.4. The summed E-state index contributed by atoms with van der Waals surface area (Å²) in [7, 11) is 0. The summed E-state index contributed by atoms with van der Waals surface area (Å²) in [6, 6.07) is 8.59. The minimum absolute atomic E-state index is 0.0639. The predicted octanol–water partition coefficient (Wildman–Crippen LogP) is 4.77. The number of para-hydroxylation sites is 1. The summed E-state index contributed by atoms with van der Waals surface area (Å²) in [5.41, 5.74) is -0.176. The van der Waals surface area contributed by atoms with Gasteiger partial charge in [0.15, 0.2) is 0 Å². The Kier molecular flexibility index (Phi) is 4.18. The Morgan fingerprint density at radius 2 is 1.76 bits per heavy atom. The zero-order valence-electron chi connectivity index (χ0n) is 10.2. The molecule has 2 rings (SSSR count). The van der Waals surface area contributed by atoms with Crippen LogP contribution >= 0.6 is 11.6 Å². The summed E-state index contributed by atoms with van der Waals surface area (Å²) in [6.07, 6.45) is -4.86. The van der Waals surface area contributed by atoms with Crippen LogP contribution in [-0.2, 0) is 0 Å². The van der Waals surface area contributed by atoms with Crippen LogP contribution in [-0.4, -0.2) is 11.6 Å². The minimum atomic E-state index is -4.86. The summed E-state index contributed by atoms with van der Waals surface area (Å²) >= 11 is 5.22. The lowest BCUT2D eigenvalue weighted by molar-refractivity contribution is -0.274. The van der Waals surface area contributed by atoms with Crippen molar-refractivity contribution in [2.75, 3.05) is 0 Å². The molecule has 2 aromatic rings. The predicted molar refractivity (Wildman–Crippen MR) is 68.7 cm³/mol. The van der Waals surface area contributed by atoms with Crippen LogP contribution in [0.1, 0.15) is 10.4 Å². The van der Waals surface area contributed by atoms with Gasteiger partial charge in [-0.2, -0.15) is 0 Å². The first kappa shape index (κ1) is 15.3. The molecule has 0 aliphatic heterocycles. The van der Waals surface area contributed by atoms with Gasteiger partial charge in [-0.1, -0.05) is 24.3 Å². The van der Waals surface area contributed by atoms with Gasteiger partial charge in [-0.25, -0.2) is 4.39 Å². The van der Waals surface area contributed by atoms with Gasteiger partial charge in [-0.15, -0.1) is 13.2 Å². The lowest BCUT2D eigenvalue weighted by atomic mass is 10.0. The van der Waals surface area contributed by atoms with Gasteiger partial charge >= 0.3 is 6.36 Å². The second-order valence-electron chi connectivity index (χ2n) is 4.01. The summed E-state index contributed by atoms with van der Waals surface area (Å²) < 4.78 is 54.4. The van der Waals surface area contributed by atoms with E-state index < -0.39 is 28.7 Å². The molecule has 2 aromatic carbocycles. The lowest BCUT2D eigenvalue weighted by Crippen LogP contribution is -2.17. The van der Waals surface area contributed by atoms with Crippen LogP contribution in [0.15, 0.2) is 42.5 Å². The molecule has 110 valence electrons. The van der Waals surface area contributed by atoms with Crippen molar-refractivity contribution in [1.29, 1.82) is 0 Å². The number of hydrogen-bond acceptors (Lipinski definition) is 2. The van der Waals surface area contributed by atoms with Crippen molar-refractivity contribution in [2.24, 2.45) is 0 Å². The van der Waals surface area contributed by atoms with Gasteiger partial charge in [0.05, 0.1) is 5.56 Å². The number of hydrogen-bond donors (Lipinski definition) is 0. The standard InChI is InChI=1S/C14H7ClF4O2/c15-13(20)10-7-8(5-6-11(10)16)9-3-1-2-4-12(9)21-14(17,18)19/h1-7H. The van der Waals surface area contributed by atoms with Crippen LogP contribution in [0.5, 0.6) is 5.75 Å². The normalized spacial score (nSPS) is 11.3. The number of halogens is 5. The summed E-state index contributed by atoms with van der Waals surface area (Å²) in [6.45, 7) is 0. The van der Waals surface area contributed by atoms with E-state index in [1.54, 1.807) is 0 Å². The molecule has 0 aliphatic rings. The monoisotopic (exact) mass is 318 g/mol. The van der Waals surface area contributed by atoms with Crippen LogP contribution in [0.4, 0.5) is 17.6 Å². The van der Waals surface area contributed by atoms with Crippen LogP contribution in [0.2, 0.25) is 0 Å². The Labute approximate surface area is 121 Å². The average Bonchev–Trinajstić information content (AvgIpc) is 2.38. The first-order chi connectivity index (χ1) is 9.78. The van der Waals surface area contributed by atoms with E-state index in [9.17, 15) is 22.4 Å². The Bertz CT molecular complexity index is 683. The highest BCUT2D eigenvalue weighted by Crippen LogP contribution is 2.34. The second-order valence-corrected chi connectivity index (χ2v) is 4.36. The molecule has 0 aliphatic carbocycles. The highest BCUT2D eigenvalue weighted by Gasteiger charge is 2.32. The molecular formula is C14H7ClF4O2. The fourth-order valence-corrected chi connectivity index (χ4v) is 1.91. The van der Waals surface area contributed by atoms with E-state index in [1.165, 1.54) is 24.3 Å². The van der Waals surface area contributed by atoms with E-state index in [-0.39, 0.29) is 11.1 Å². The molecule has 2 nitrogen and oxygen atoms in total. The smallest absolute Gasteiger partial charge is 0.405 e. The largest absolute Gasteiger partial charge is 0.573 e. The van der Waals surface area contributed by atoms with Gasteiger partial charge in [0.2, 0.25) is 0 Å². The Morgan fingerprint density at radius 3 is 2.38 bits per heavy atom. The fourth-order valence-electron chi connectivity index (χ4n) is 1.76. The van der Waals surface area contributed by atoms with Crippen molar-refractivity contribution < 1.29 is 27.1 Å². The maximum absolute atomic E-state index is 13.4. The molecule has 0 radical (unpaired) electrons. The molecule has 0 saturated carbocycles. The van der Waals surface area contributed by atoms with Gasteiger partial charge in [0.25, 0.3) is 5.24 Å². The number of carbonyl (C=O) groups is 1. The maximum Gasteiger partial charge on any atom is 0.573 e. The Balaban J connectivity index is 2.52. The van der Waals surface area contributed by atoms with Crippen LogP contribution in [0.25, 0.3) is 11.1 Å². The SMILES string of the molecule is O=C(Cl)c1cc(-c2ccccc2OC(F)(F)F)ccc1F. The van der Waals surface area contributed by atoms with Gasteiger partial charge in [0, 0.05) is 5.56 Å². The minimum Gasteiger partial charge on any atom is -0.405 e. The zero-order chi connectivity index (χ0) is 15.6. The third kappa shape index (κ3) is 3.72. The summed E-state index contributed by atoms with van der Waals surface area (Å²) in [4.78, 5) is 11.1. The second kappa shape index (κ2) is 5.73. The summed E-state index contributed by atoms with van der Waals surface area (Å²) in [5.74, 6) is -1.31. The van der Waals surface area contributed by atoms with Gasteiger partial charge < -0.3 is 4.74 Å². The first-order valence-electron chi connectivity index (χ1n) is 5.62. The number of alkyl halides is 3. The molecule has 0 spiro atoms. The van der Waals surface area contributed by atoms with Crippen molar-refractivity contribution >= 4 is 16.8 Å². The van der Waals surface area contributed by atoms with Crippen LogP contribution in [0, 0.1) is 5.82 Å². The van der Waals surface area contributed by atoms with Crippen LogP contribution in [0.3, 0.4) is 0 Å². The molecule has 0 heterocycles. The molecule has 0 aromatic heterocycles. The molecule has 0 amide bonds.